The van der Waals surface area contributed by atoms with Gasteiger partial charge in [-0.3, -0.25) is 4.79 Å². The van der Waals surface area contributed by atoms with Gasteiger partial charge in [0.2, 0.25) is 0 Å². The normalized spacial score (nSPS) is 40.3. The Hall–Kier alpha value is -1.87. The number of fused-ring (bicyclic) bond motifs is 2. The summed E-state index contributed by atoms with van der Waals surface area (Å²) in [6.45, 7) is 8.01. The third-order valence-electron chi connectivity index (χ3n) is 7.49. The second-order valence-corrected chi connectivity index (χ2v) is 7.92. The summed E-state index contributed by atoms with van der Waals surface area (Å²) < 4.78 is 1.20. The summed E-state index contributed by atoms with van der Waals surface area (Å²) in [5.41, 5.74) is 6.41. The van der Waals surface area contributed by atoms with Crippen molar-refractivity contribution in [2.75, 3.05) is 25.0 Å². The molecule has 0 unspecified atom stereocenters. The molecule has 1 aromatic rings. The van der Waals surface area contributed by atoms with E-state index in [0.29, 0.717) is 12.0 Å². The highest BCUT2D eigenvalue weighted by atomic mass is 16.1. The number of piperidine rings is 1. The van der Waals surface area contributed by atoms with E-state index in [1.54, 1.807) is 0 Å². The first-order chi connectivity index (χ1) is 11.7. The maximum absolute atomic E-state index is 12.1. The largest absolute Gasteiger partial charge is 0.357 e. The van der Waals surface area contributed by atoms with Crippen LogP contribution in [0.15, 0.2) is 47.2 Å². The van der Waals surface area contributed by atoms with Crippen molar-refractivity contribution in [3.63, 3.8) is 0 Å². The Morgan fingerprint density at radius 1 is 1.38 bits per heavy atom. The highest BCUT2D eigenvalue weighted by Crippen LogP contribution is 2.63. The molecule has 2 fully saturated rings. The Labute approximate surface area is 143 Å². The molecule has 3 nitrogen and oxygen atoms in total. The first-order valence-corrected chi connectivity index (χ1v) is 9.27. The average Bonchev–Trinajstić information content (AvgIpc) is 3.15. The number of likely N-dealkylation sites (N-methyl/N-ethyl adjacent to an activating group) is 1. The molecular weight excluding hydrogens is 296 g/mol. The Balaban J connectivity index is 1.84. The molecule has 0 saturated carbocycles. The second kappa shape index (κ2) is 4.60. The topological polar surface area (TPSA) is 29.1 Å². The zero-order valence-electron chi connectivity index (χ0n) is 14.5. The molecule has 4 atom stereocenters. The van der Waals surface area contributed by atoms with Crippen LogP contribution in [-0.4, -0.2) is 36.4 Å². The summed E-state index contributed by atoms with van der Waals surface area (Å²) in [5, 5.41) is 3.68. The Kier molecular flexibility index (Phi) is 2.78. The molecule has 2 saturated heterocycles. The molecule has 5 rings (SSSR count). The number of rotatable bonds is 2. The Morgan fingerprint density at radius 3 is 2.96 bits per heavy atom. The number of para-hydroxylation sites is 1. The Bertz CT molecular complexity index is 808. The summed E-state index contributed by atoms with van der Waals surface area (Å²) in [6.07, 6.45) is 5.70. The molecule has 0 aromatic heterocycles. The zero-order chi connectivity index (χ0) is 16.5. The zero-order valence-corrected chi connectivity index (χ0v) is 14.5. The number of benzene rings is 1. The summed E-state index contributed by atoms with van der Waals surface area (Å²) in [4.78, 5) is 12.1. The smallest absolute Gasteiger partial charge is 0.148 e. The van der Waals surface area contributed by atoms with Gasteiger partial charge in [-0.1, -0.05) is 24.3 Å². The quantitative estimate of drug-likeness (QED) is 0.514. The van der Waals surface area contributed by atoms with Gasteiger partial charge in [0.25, 0.3) is 0 Å². The molecule has 1 spiro atoms. The van der Waals surface area contributed by atoms with Gasteiger partial charge < -0.3 is 9.80 Å². The number of hydrogen-bond donors (Lipinski definition) is 1. The molecule has 1 N–H and O–H groups in total. The van der Waals surface area contributed by atoms with Gasteiger partial charge in [-0.05, 0) is 31.1 Å². The fraction of sp³-hybridized carbons (Fsp3) is 0.476. The van der Waals surface area contributed by atoms with E-state index in [4.69, 9.17) is 0 Å². The van der Waals surface area contributed by atoms with Crippen LogP contribution < -0.4 is 5.32 Å². The molecule has 4 aliphatic rings. The van der Waals surface area contributed by atoms with E-state index in [1.165, 1.54) is 40.1 Å². The van der Waals surface area contributed by atoms with Crippen LogP contribution in [0.2, 0.25) is 0 Å². The highest BCUT2D eigenvalue weighted by molar-refractivity contribution is 5.84. The third-order valence-corrected chi connectivity index (χ3v) is 7.49. The molecule has 3 aliphatic heterocycles. The predicted molar refractivity (Wildman–Crippen MR) is 95.6 cm³/mol. The fourth-order valence-corrected chi connectivity index (χ4v) is 6.37. The predicted octanol–water partition coefficient (Wildman–Crippen LogP) is 3.39. The van der Waals surface area contributed by atoms with Crippen molar-refractivity contribution in [3.05, 3.63) is 52.7 Å². The maximum atomic E-state index is 12.1. The minimum Gasteiger partial charge on any atom is -0.357 e. The second-order valence-electron chi connectivity index (χ2n) is 7.92. The van der Waals surface area contributed by atoms with E-state index in [1.807, 2.05) is 0 Å². The summed E-state index contributed by atoms with van der Waals surface area (Å²) >= 11 is 0. The van der Waals surface area contributed by atoms with Crippen LogP contribution in [0.5, 0.6) is 0 Å². The van der Waals surface area contributed by atoms with E-state index in [0.717, 1.165) is 31.2 Å². The van der Waals surface area contributed by atoms with Crippen molar-refractivity contribution in [2.45, 2.75) is 38.1 Å². The van der Waals surface area contributed by atoms with Crippen LogP contribution in [0, 0.1) is 5.92 Å². The molecule has 124 valence electrons. The van der Waals surface area contributed by atoms with Crippen LogP contribution in [-0.2, 0) is 10.2 Å². The van der Waals surface area contributed by atoms with Gasteiger partial charge in [-0.25, -0.2) is 0 Å². The van der Waals surface area contributed by atoms with Gasteiger partial charge in [0.1, 0.15) is 18.9 Å². The lowest BCUT2D eigenvalue weighted by Gasteiger charge is -2.53. The van der Waals surface area contributed by atoms with Crippen LogP contribution in [0.4, 0.5) is 5.69 Å². The lowest BCUT2D eigenvalue weighted by atomic mass is 9.61. The molecule has 1 aromatic carbocycles. The van der Waals surface area contributed by atoms with Crippen molar-refractivity contribution < 1.29 is 9.28 Å². The number of nitrogens with zero attached hydrogens (tertiary/aromatic N) is 1. The summed E-state index contributed by atoms with van der Waals surface area (Å²) in [7, 11) is 0. The van der Waals surface area contributed by atoms with Gasteiger partial charge in [0, 0.05) is 35.7 Å². The third kappa shape index (κ3) is 1.42. The first kappa shape index (κ1) is 14.5. The fourth-order valence-electron chi connectivity index (χ4n) is 6.37. The highest BCUT2D eigenvalue weighted by Gasteiger charge is 2.67. The molecule has 3 heterocycles. The number of aldehydes is 1. The van der Waals surface area contributed by atoms with E-state index >= 15 is 0 Å². The van der Waals surface area contributed by atoms with Gasteiger partial charge in [-0.15, -0.1) is 0 Å². The number of hydrogen-bond acceptors (Lipinski definition) is 2. The van der Waals surface area contributed by atoms with Crippen molar-refractivity contribution >= 4 is 12.0 Å². The number of carbonyl (C=O) groups is 1. The Morgan fingerprint density at radius 2 is 2.21 bits per heavy atom. The van der Waals surface area contributed by atoms with Crippen molar-refractivity contribution in [1.29, 1.82) is 0 Å². The SMILES string of the molecule is C/C=C1/C[N@@+]2(CC)CC[C@@]34C(=C(C=O)[C@H]1C[C@@H]32)Nc1ccccc14. The van der Waals surface area contributed by atoms with Gasteiger partial charge in [0.15, 0.2) is 0 Å². The number of quaternary nitrogens is 1. The van der Waals surface area contributed by atoms with E-state index in [9.17, 15) is 4.79 Å². The molecule has 2 bridgehead atoms. The molecule has 0 radical (unpaired) electrons. The number of carbonyl (C=O) groups excluding carboxylic acids is 1. The van der Waals surface area contributed by atoms with Gasteiger partial charge in [-0.2, -0.15) is 0 Å². The molecular formula is C21H25N2O+. The van der Waals surface area contributed by atoms with E-state index < -0.39 is 0 Å². The standard InChI is InChI=1S/C21H24N2O/c1-3-14-12-23(4-2)10-9-21-17-7-5-6-8-18(17)22-20(21)16(13-24)15(14)11-19(21)23/h3,5-8,13,15,19H,4,9-12H2,1-2H3/p+1/b14-3-/t15-,19-,21-,23+/m0/s1. The van der Waals surface area contributed by atoms with Crippen LogP contribution >= 0.6 is 0 Å². The van der Waals surface area contributed by atoms with Crippen molar-refractivity contribution in [3.8, 4) is 0 Å². The lowest BCUT2D eigenvalue weighted by Crippen LogP contribution is -2.63. The number of nitrogens with one attached hydrogen (secondary N) is 1. The van der Waals surface area contributed by atoms with Crippen LogP contribution in [0.1, 0.15) is 32.3 Å². The van der Waals surface area contributed by atoms with Crippen LogP contribution in [0.3, 0.4) is 0 Å². The van der Waals surface area contributed by atoms with Crippen molar-refractivity contribution in [2.24, 2.45) is 5.92 Å². The van der Waals surface area contributed by atoms with Gasteiger partial charge >= 0.3 is 0 Å². The lowest BCUT2D eigenvalue weighted by molar-refractivity contribution is -0.940. The van der Waals surface area contributed by atoms with E-state index in [-0.39, 0.29) is 5.41 Å². The van der Waals surface area contributed by atoms with Gasteiger partial charge in [0.05, 0.1) is 18.5 Å². The summed E-state index contributed by atoms with van der Waals surface area (Å²) in [5.74, 6) is 0.318. The molecule has 3 heteroatoms. The minimum atomic E-state index is 0.0403. The van der Waals surface area contributed by atoms with E-state index in [2.05, 4.69) is 49.5 Å². The number of allylic oxidation sites excluding steroid dienone is 2. The molecule has 1 aliphatic carbocycles. The molecule has 0 amide bonds. The summed E-state index contributed by atoms with van der Waals surface area (Å²) in [6, 6.07) is 9.33. The maximum Gasteiger partial charge on any atom is 0.148 e. The van der Waals surface area contributed by atoms with Crippen LogP contribution in [0.25, 0.3) is 0 Å². The monoisotopic (exact) mass is 321 g/mol. The first-order valence-electron chi connectivity index (χ1n) is 9.27. The van der Waals surface area contributed by atoms with Crippen molar-refractivity contribution in [1.82, 2.24) is 0 Å². The molecule has 24 heavy (non-hydrogen) atoms. The average molecular weight is 321 g/mol. The number of anilines is 1. The minimum absolute atomic E-state index is 0.0403.